The van der Waals surface area contributed by atoms with Crippen LogP contribution in [0, 0.1) is 5.92 Å². The highest BCUT2D eigenvalue weighted by Gasteiger charge is 2.39. The van der Waals surface area contributed by atoms with E-state index in [4.69, 9.17) is 5.73 Å². The fourth-order valence-electron chi connectivity index (χ4n) is 5.77. The van der Waals surface area contributed by atoms with Crippen molar-refractivity contribution in [2.45, 2.75) is 89.5 Å². The van der Waals surface area contributed by atoms with Crippen LogP contribution in [0.3, 0.4) is 0 Å². The van der Waals surface area contributed by atoms with Gasteiger partial charge >= 0.3 is 5.97 Å². The van der Waals surface area contributed by atoms with Crippen molar-refractivity contribution in [2.75, 3.05) is 6.54 Å². The molecule has 264 valence electrons. The second kappa shape index (κ2) is 18.3. The lowest BCUT2D eigenvalue weighted by Crippen LogP contribution is -2.59. The van der Waals surface area contributed by atoms with Gasteiger partial charge < -0.3 is 37.0 Å². The Hall–Kier alpha value is -5.27. The Bertz CT molecular complexity index is 1490. The molecule has 2 aromatic carbocycles. The zero-order chi connectivity index (χ0) is 36.1. The quantitative estimate of drug-likeness (QED) is 0.138. The summed E-state index contributed by atoms with van der Waals surface area (Å²) in [5.74, 6) is -5.17. The molecule has 0 aromatic heterocycles. The summed E-state index contributed by atoms with van der Waals surface area (Å²) in [5, 5.41) is 19.7. The summed E-state index contributed by atoms with van der Waals surface area (Å²) < 4.78 is 0. The van der Waals surface area contributed by atoms with Gasteiger partial charge in [-0.25, -0.2) is 0 Å². The first-order valence-corrected chi connectivity index (χ1v) is 16.3. The topological polar surface area (TPSA) is 217 Å². The molecule has 6 amide bonds. The molecule has 14 heteroatoms. The van der Waals surface area contributed by atoms with Gasteiger partial charge in [-0.2, -0.15) is 0 Å². The van der Waals surface area contributed by atoms with Crippen LogP contribution in [-0.4, -0.2) is 88.2 Å². The van der Waals surface area contributed by atoms with E-state index in [1.807, 2.05) is 13.8 Å². The molecular formula is C35H46N6O8. The van der Waals surface area contributed by atoms with Crippen LogP contribution < -0.4 is 27.0 Å². The Labute approximate surface area is 285 Å². The van der Waals surface area contributed by atoms with Crippen molar-refractivity contribution in [1.29, 1.82) is 0 Å². The molecule has 1 saturated heterocycles. The number of carboxylic acid groups (broad SMARTS) is 1. The fraction of sp³-hybridized carbons (Fsp3) is 0.457. The number of carbonyl (C=O) groups excluding carboxylic acids is 6. The number of nitrogens with two attached hydrogens (primary N) is 1. The largest absolute Gasteiger partial charge is 0.481 e. The Kier molecular flexibility index (Phi) is 14.3. The molecule has 1 fully saturated rings. The van der Waals surface area contributed by atoms with Crippen LogP contribution in [-0.2, 0) is 46.4 Å². The SMILES string of the molecule is CC(=O)N[C@H](CC(C)C)C(=O)N1CCC[C@@H]1C(=O)N[C@H](Cc1ccccc1)C(=O)N[C@H](Cc1ccccc1)C(=O)N[C@H](CC(=O)O)C(N)=O. The molecule has 14 nitrogen and oxygen atoms in total. The van der Waals surface area contributed by atoms with Gasteiger partial charge in [0.2, 0.25) is 35.4 Å². The van der Waals surface area contributed by atoms with Crippen LogP contribution in [0.5, 0.6) is 0 Å². The number of carbonyl (C=O) groups is 7. The van der Waals surface area contributed by atoms with Gasteiger partial charge in [-0.3, -0.25) is 33.6 Å². The number of amides is 6. The van der Waals surface area contributed by atoms with E-state index in [0.29, 0.717) is 36.9 Å². The smallest absolute Gasteiger partial charge is 0.305 e. The molecule has 0 bridgehead atoms. The number of aliphatic carboxylic acids is 1. The number of hydrogen-bond donors (Lipinski definition) is 6. The highest BCUT2D eigenvalue weighted by molar-refractivity contribution is 5.97. The van der Waals surface area contributed by atoms with Gasteiger partial charge in [-0.05, 0) is 36.3 Å². The van der Waals surface area contributed by atoms with Crippen molar-refractivity contribution in [2.24, 2.45) is 11.7 Å². The van der Waals surface area contributed by atoms with E-state index in [-0.39, 0.29) is 30.6 Å². The Morgan fingerprint density at radius 3 is 1.76 bits per heavy atom. The van der Waals surface area contributed by atoms with Crippen LogP contribution in [0.1, 0.15) is 57.6 Å². The number of nitrogens with one attached hydrogen (secondary N) is 4. The molecule has 0 spiro atoms. The summed E-state index contributed by atoms with van der Waals surface area (Å²) >= 11 is 0. The first-order valence-electron chi connectivity index (χ1n) is 16.3. The standard InChI is InChI=1S/C35H46N6O8/c1-21(2)17-28(37-22(3)42)35(49)41-16-10-15-29(41)34(48)40-27(19-24-13-8-5-9-14-24)33(47)39-26(18-23-11-6-4-7-12-23)32(46)38-25(31(36)45)20-30(43)44/h4-9,11-14,21,25-29H,10,15-20H2,1-3H3,(H2,36,45)(H,37,42)(H,38,46)(H,39,47)(H,40,48)(H,43,44)/t25-,26-,27-,28-,29-/m1/s1. The summed E-state index contributed by atoms with van der Waals surface area (Å²) in [6.07, 6.45) is 0.553. The van der Waals surface area contributed by atoms with Gasteiger partial charge in [0, 0.05) is 26.3 Å². The fourth-order valence-corrected chi connectivity index (χ4v) is 5.77. The van der Waals surface area contributed by atoms with Crippen molar-refractivity contribution in [1.82, 2.24) is 26.2 Å². The van der Waals surface area contributed by atoms with Crippen LogP contribution in [0.2, 0.25) is 0 Å². The molecule has 1 heterocycles. The number of primary amides is 1. The third-order valence-corrected chi connectivity index (χ3v) is 8.09. The second-order valence-corrected chi connectivity index (χ2v) is 12.6. The van der Waals surface area contributed by atoms with Crippen molar-refractivity contribution in [3.05, 3.63) is 71.8 Å². The summed E-state index contributed by atoms with van der Waals surface area (Å²) in [7, 11) is 0. The zero-order valence-corrected chi connectivity index (χ0v) is 28.0. The third-order valence-electron chi connectivity index (χ3n) is 8.09. The van der Waals surface area contributed by atoms with Crippen molar-refractivity contribution in [3.8, 4) is 0 Å². The van der Waals surface area contributed by atoms with Crippen molar-refractivity contribution >= 4 is 41.4 Å². The molecular weight excluding hydrogens is 632 g/mol. The average Bonchev–Trinajstić information content (AvgIpc) is 3.54. The first-order chi connectivity index (χ1) is 23.2. The van der Waals surface area contributed by atoms with E-state index in [1.54, 1.807) is 60.7 Å². The van der Waals surface area contributed by atoms with Crippen LogP contribution >= 0.6 is 0 Å². The molecule has 49 heavy (non-hydrogen) atoms. The summed E-state index contributed by atoms with van der Waals surface area (Å²) in [6.45, 7) is 5.48. The van der Waals surface area contributed by atoms with Gasteiger partial charge in [0.15, 0.2) is 0 Å². The lowest BCUT2D eigenvalue weighted by atomic mass is 10.0. The van der Waals surface area contributed by atoms with Crippen molar-refractivity contribution in [3.63, 3.8) is 0 Å². The number of carboxylic acids is 1. The maximum Gasteiger partial charge on any atom is 0.305 e. The lowest BCUT2D eigenvalue weighted by molar-refractivity contribution is -0.142. The van der Waals surface area contributed by atoms with Gasteiger partial charge in [0.1, 0.15) is 30.2 Å². The molecule has 0 aliphatic carbocycles. The van der Waals surface area contributed by atoms with E-state index < -0.39 is 66.2 Å². The highest BCUT2D eigenvalue weighted by atomic mass is 16.4. The van der Waals surface area contributed by atoms with E-state index in [2.05, 4.69) is 21.3 Å². The van der Waals surface area contributed by atoms with E-state index >= 15 is 0 Å². The number of hydrogen-bond acceptors (Lipinski definition) is 7. The molecule has 0 unspecified atom stereocenters. The maximum atomic E-state index is 13.9. The van der Waals surface area contributed by atoms with Crippen LogP contribution in [0.4, 0.5) is 0 Å². The molecule has 0 saturated carbocycles. The monoisotopic (exact) mass is 678 g/mol. The van der Waals surface area contributed by atoms with Crippen molar-refractivity contribution < 1.29 is 38.7 Å². The maximum absolute atomic E-state index is 13.9. The van der Waals surface area contributed by atoms with Gasteiger partial charge in [-0.15, -0.1) is 0 Å². The molecule has 2 aromatic rings. The summed E-state index contributed by atoms with van der Waals surface area (Å²) in [6, 6.07) is 11.9. The van der Waals surface area contributed by atoms with Crippen LogP contribution in [0.15, 0.2) is 60.7 Å². The number of likely N-dealkylation sites (tertiary alicyclic amines) is 1. The Morgan fingerprint density at radius 2 is 1.29 bits per heavy atom. The third kappa shape index (κ3) is 12.0. The van der Waals surface area contributed by atoms with E-state index in [9.17, 15) is 38.7 Å². The Morgan fingerprint density at radius 1 is 0.776 bits per heavy atom. The minimum absolute atomic E-state index is 0.0196. The zero-order valence-electron chi connectivity index (χ0n) is 28.0. The van der Waals surface area contributed by atoms with Gasteiger partial charge in [-0.1, -0.05) is 74.5 Å². The molecule has 1 aliphatic heterocycles. The average molecular weight is 679 g/mol. The first kappa shape index (κ1) is 38.2. The summed E-state index contributed by atoms with van der Waals surface area (Å²) in [4.78, 5) is 91.3. The number of nitrogens with zero attached hydrogens (tertiary/aromatic N) is 1. The van der Waals surface area contributed by atoms with Gasteiger partial charge in [0.25, 0.3) is 0 Å². The molecule has 1 aliphatic rings. The molecule has 7 N–H and O–H groups in total. The predicted octanol–water partition coefficient (Wildman–Crippen LogP) is 0.428. The normalized spacial score (nSPS) is 16.5. The van der Waals surface area contributed by atoms with Gasteiger partial charge in [0.05, 0.1) is 6.42 Å². The molecule has 0 radical (unpaired) electrons. The minimum atomic E-state index is -1.53. The highest BCUT2D eigenvalue weighted by Crippen LogP contribution is 2.21. The molecule has 5 atom stereocenters. The molecule has 3 rings (SSSR count). The predicted molar refractivity (Wildman–Crippen MR) is 179 cm³/mol. The number of benzene rings is 2. The minimum Gasteiger partial charge on any atom is -0.481 e. The Balaban J connectivity index is 1.87. The second-order valence-electron chi connectivity index (χ2n) is 12.6. The lowest BCUT2D eigenvalue weighted by Gasteiger charge is -2.30. The number of rotatable bonds is 17. The van der Waals surface area contributed by atoms with Crippen LogP contribution in [0.25, 0.3) is 0 Å². The van der Waals surface area contributed by atoms with E-state index in [1.165, 1.54) is 11.8 Å². The van der Waals surface area contributed by atoms with E-state index in [0.717, 1.165) is 0 Å². The summed E-state index contributed by atoms with van der Waals surface area (Å²) in [5.41, 5.74) is 6.71.